The molecule has 1 aliphatic rings. The van der Waals surface area contributed by atoms with Crippen LogP contribution in [0.2, 0.25) is 0 Å². The number of alkyl halides is 3. The molecule has 2 rings (SSSR count). The van der Waals surface area contributed by atoms with Gasteiger partial charge < -0.3 is 30.6 Å². The molecule has 6 nitrogen and oxygen atoms in total. The third-order valence-corrected chi connectivity index (χ3v) is 6.12. The molecule has 0 radical (unpaired) electrons. The van der Waals surface area contributed by atoms with E-state index in [-0.39, 0.29) is 23.5 Å². The van der Waals surface area contributed by atoms with Crippen molar-refractivity contribution in [2.75, 3.05) is 24.3 Å². The summed E-state index contributed by atoms with van der Waals surface area (Å²) in [5.74, 6) is -4.78. The minimum absolute atomic E-state index is 0.0455. The van der Waals surface area contributed by atoms with Gasteiger partial charge in [0, 0.05) is 20.0 Å². The lowest BCUT2D eigenvalue weighted by Gasteiger charge is -2.34. The number of nitrogen functional groups attached to an aromatic ring is 1. The van der Waals surface area contributed by atoms with Crippen LogP contribution in [0.5, 0.6) is 5.75 Å². The lowest BCUT2D eigenvalue weighted by Crippen LogP contribution is -2.52. The Balaban J connectivity index is 2.30. The fraction of sp³-hybridized carbons (Fsp3) is 0.625. The minimum atomic E-state index is -4.90. The maximum absolute atomic E-state index is 14.1. The van der Waals surface area contributed by atoms with E-state index in [9.17, 15) is 27.2 Å². The first-order valence-electron chi connectivity index (χ1n) is 8.05. The summed E-state index contributed by atoms with van der Waals surface area (Å²) in [4.78, 5) is 0. The number of ether oxygens (including phenoxy) is 2. The van der Waals surface area contributed by atoms with Gasteiger partial charge in [-0.05, 0) is 24.1 Å². The zero-order valence-electron chi connectivity index (χ0n) is 14.8. The zero-order chi connectivity index (χ0) is 20.6. The number of halogens is 4. The van der Waals surface area contributed by atoms with Crippen LogP contribution in [0.1, 0.15) is 12.5 Å². The summed E-state index contributed by atoms with van der Waals surface area (Å²) in [6.45, 7) is 0.643. The summed E-state index contributed by atoms with van der Waals surface area (Å²) >= 11 is -1.24. The fourth-order valence-electron chi connectivity index (χ4n) is 2.82. The number of benzene rings is 1. The third kappa shape index (κ3) is 4.77. The first-order valence-corrected chi connectivity index (χ1v) is 9.54. The number of anilines is 1. The average molecular weight is 414 g/mol. The van der Waals surface area contributed by atoms with Crippen LogP contribution in [0.15, 0.2) is 12.1 Å². The Hall–Kier alpha value is -1.27. The quantitative estimate of drug-likeness (QED) is 0.290. The number of nitrogens with two attached hydrogens (primary N) is 2. The van der Waals surface area contributed by atoms with E-state index in [0.29, 0.717) is 6.92 Å². The van der Waals surface area contributed by atoms with Crippen LogP contribution in [0.3, 0.4) is 0 Å². The molecule has 1 aromatic rings. The van der Waals surface area contributed by atoms with Crippen molar-refractivity contribution >= 4 is 16.9 Å². The Bertz CT molecular complexity index is 679. The van der Waals surface area contributed by atoms with E-state index in [4.69, 9.17) is 16.2 Å². The molecule has 1 aromatic carbocycles. The van der Waals surface area contributed by atoms with E-state index in [1.165, 1.54) is 0 Å². The molecule has 11 heteroatoms. The molecule has 5 N–H and O–H groups in total. The van der Waals surface area contributed by atoms with Gasteiger partial charge in [0.05, 0.1) is 12.1 Å². The van der Waals surface area contributed by atoms with Crippen molar-refractivity contribution in [2.24, 2.45) is 11.7 Å². The molecular formula is C16H22F4N2O4S. The summed E-state index contributed by atoms with van der Waals surface area (Å²) in [6.07, 6.45) is -5.82. The molecule has 1 heterocycles. The van der Waals surface area contributed by atoms with Crippen molar-refractivity contribution in [3.05, 3.63) is 23.5 Å². The second-order valence-corrected chi connectivity index (χ2v) is 8.18. The molecule has 154 valence electrons. The average Bonchev–Trinajstić information content (AvgIpc) is 2.55. The summed E-state index contributed by atoms with van der Waals surface area (Å²) < 4.78 is 74.7. The highest BCUT2D eigenvalue weighted by Gasteiger charge is 2.55. The summed E-state index contributed by atoms with van der Waals surface area (Å²) in [6, 6.07) is 1.49. The number of hydrogen-bond donors (Lipinski definition) is 3. The van der Waals surface area contributed by atoms with E-state index >= 15 is 0 Å². The summed E-state index contributed by atoms with van der Waals surface area (Å²) in [5, 5.41) is 10.2. The molecule has 0 unspecified atom stereocenters. The van der Waals surface area contributed by atoms with Gasteiger partial charge in [-0.15, -0.1) is 0 Å². The van der Waals surface area contributed by atoms with E-state index in [0.717, 1.165) is 19.2 Å². The lowest BCUT2D eigenvalue weighted by molar-refractivity contribution is -0.335. The molecule has 0 spiro atoms. The molecule has 0 amide bonds. The van der Waals surface area contributed by atoms with Crippen molar-refractivity contribution < 1.29 is 36.7 Å². The second kappa shape index (κ2) is 8.00. The molecule has 1 aliphatic heterocycles. The molecule has 0 aromatic heterocycles. The van der Waals surface area contributed by atoms with Crippen molar-refractivity contribution in [2.45, 2.75) is 37.5 Å². The first-order chi connectivity index (χ1) is 12.4. The Kier molecular flexibility index (Phi) is 6.52. The van der Waals surface area contributed by atoms with Gasteiger partial charge in [0.2, 0.25) is 0 Å². The Labute approximate surface area is 157 Å². The van der Waals surface area contributed by atoms with Crippen molar-refractivity contribution in [3.63, 3.8) is 0 Å². The molecule has 5 atom stereocenters. The molecule has 0 saturated carbocycles. The Morgan fingerprint density at radius 2 is 1.96 bits per heavy atom. The van der Waals surface area contributed by atoms with E-state index in [2.05, 4.69) is 4.74 Å². The Morgan fingerprint density at radius 1 is 1.33 bits per heavy atom. The van der Waals surface area contributed by atoms with Crippen LogP contribution in [0.25, 0.3) is 0 Å². The van der Waals surface area contributed by atoms with Gasteiger partial charge in [-0.3, -0.25) is 0 Å². The minimum Gasteiger partial charge on any atom is -0.616 e. The van der Waals surface area contributed by atoms with E-state index in [1.54, 1.807) is 0 Å². The van der Waals surface area contributed by atoms with Gasteiger partial charge in [0.15, 0.2) is 0 Å². The predicted octanol–water partition coefficient (Wildman–Crippen LogP) is 1.32. The van der Waals surface area contributed by atoms with Crippen LogP contribution in [-0.2, 0) is 22.3 Å². The van der Waals surface area contributed by atoms with Gasteiger partial charge in [-0.2, -0.15) is 13.2 Å². The van der Waals surface area contributed by atoms with E-state index in [1.807, 2.05) is 0 Å². The topological polar surface area (TPSA) is 114 Å². The van der Waals surface area contributed by atoms with Gasteiger partial charge in [-0.1, -0.05) is 11.2 Å². The van der Waals surface area contributed by atoms with Gasteiger partial charge in [0.25, 0.3) is 0 Å². The maximum Gasteiger partial charge on any atom is 0.455 e. The van der Waals surface area contributed by atoms with Crippen LogP contribution < -0.4 is 16.2 Å². The zero-order valence-corrected chi connectivity index (χ0v) is 15.6. The maximum atomic E-state index is 14.1. The number of rotatable bonds is 5. The standard InChI is InChI=1S/C16H22F4N2O4S/c1-15(25-2,16(18,19)20)26-12-5-8(4-10(17)13(12)22)3-9-6-27(24)7-11(21)14(9)23/h4-5,9,11,14,23H,3,6-7,21-22H2,1-2H3/t9-,11+,14+,15-,27-/m1/s1. The third-order valence-electron chi connectivity index (χ3n) is 4.56. The molecule has 27 heavy (non-hydrogen) atoms. The lowest BCUT2D eigenvalue weighted by atomic mass is 9.91. The van der Waals surface area contributed by atoms with E-state index < -0.39 is 58.5 Å². The van der Waals surface area contributed by atoms with Crippen molar-refractivity contribution in [1.29, 1.82) is 0 Å². The van der Waals surface area contributed by atoms with Crippen LogP contribution >= 0.6 is 0 Å². The molecule has 0 bridgehead atoms. The Morgan fingerprint density at radius 3 is 2.52 bits per heavy atom. The smallest absolute Gasteiger partial charge is 0.455 e. The largest absolute Gasteiger partial charge is 0.616 e. The summed E-state index contributed by atoms with van der Waals surface area (Å²) in [7, 11) is 0.805. The first kappa shape index (κ1) is 22.0. The number of methoxy groups -OCH3 is 1. The van der Waals surface area contributed by atoms with Gasteiger partial charge in [0.1, 0.15) is 28.8 Å². The van der Waals surface area contributed by atoms with Crippen LogP contribution in [0.4, 0.5) is 23.2 Å². The van der Waals surface area contributed by atoms with Crippen LogP contribution in [-0.4, -0.2) is 52.4 Å². The highest BCUT2D eigenvalue weighted by molar-refractivity contribution is 7.91. The molecule has 0 aliphatic carbocycles. The SMILES string of the molecule is CO[C@](C)(Oc1cc(C[C@@H]2C[S@@+]([O-])C[C@H](N)[C@H]2O)cc(F)c1N)C(F)(F)F. The van der Waals surface area contributed by atoms with Gasteiger partial charge in [-0.25, -0.2) is 4.39 Å². The molecule has 1 fully saturated rings. The predicted molar refractivity (Wildman–Crippen MR) is 92.0 cm³/mol. The fourth-order valence-corrected chi connectivity index (χ4v) is 4.38. The number of hydrogen-bond acceptors (Lipinski definition) is 6. The van der Waals surface area contributed by atoms with Crippen molar-refractivity contribution in [1.82, 2.24) is 0 Å². The molecular weight excluding hydrogens is 392 g/mol. The monoisotopic (exact) mass is 414 g/mol. The summed E-state index contributed by atoms with van der Waals surface area (Å²) in [5.41, 5.74) is 10.9. The number of aliphatic hydroxyl groups is 1. The normalized spacial score (nSPS) is 28.6. The van der Waals surface area contributed by atoms with Gasteiger partial charge >= 0.3 is 12.0 Å². The van der Waals surface area contributed by atoms with Crippen molar-refractivity contribution in [3.8, 4) is 5.75 Å². The highest BCUT2D eigenvalue weighted by atomic mass is 32.2. The van der Waals surface area contributed by atoms with Crippen LogP contribution in [0, 0.1) is 11.7 Å². The molecule has 1 saturated heterocycles. The highest BCUT2D eigenvalue weighted by Crippen LogP contribution is 2.38. The number of aliphatic hydroxyl groups excluding tert-OH is 1. The second-order valence-electron chi connectivity index (χ2n) is 6.63.